The Kier molecular flexibility index (Phi) is 2.60. The quantitative estimate of drug-likeness (QED) is 0.527. The van der Waals surface area contributed by atoms with Crippen molar-refractivity contribution in [1.82, 2.24) is 0 Å². The molecule has 1 aliphatic heterocycles. The van der Waals surface area contributed by atoms with Gasteiger partial charge < -0.3 is 9.64 Å². The van der Waals surface area contributed by atoms with E-state index >= 15 is 0 Å². The molecule has 0 atom stereocenters. The Bertz CT molecular complexity index is 443. The second-order valence-electron chi connectivity index (χ2n) is 3.64. The summed E-state index contributed by atoms with van der Waals surface area (Å²) in [5.41, 5.74) is 1.03. The Balaban J connectivity index is 2.26. The highest BCUT2D eigenvalue weighted by atomic mass is 19.1. The van der Waals surface area contributed by atoms with Crippen molar-refractivity contribution < 1.29 is 18.7 Å². The van der Waals surface area contributed by atoms with E-state index in [9.17, 15) is 14.0 Å². The minimum Gasteiger partial charge on any atom is -0.390 e. The van der Waals surface area contributed by atoms with Crippen molar-refractivity contribution in [3.63, 3.8) is 0 Å². The lowest BCUT2D eigenvalue weighted by molar-refractivity contribution is -0.160. The number of nitrogens with zero attached hydrogens (tertiary/aromatic N) is 1. The molecule has 1 fully saturated rings. The van der Waals surface area contributed by atoms with Crippen LogP contribution in [0.5, 0.6) is 0 Å². The maximum atomic E-state index is 13.3. The molecule has 1 heterocycles. The molecule has 0 unspecified atom stereocenters. The number of carbonyl (C=O) groups is 2. The van der Waals surface area contributed by atoms with Gasteiger partial charge in [0, 0.05) is 5.69 Å². The molecule has 5 heteroatoms. The van der Waals surface area contributed by atoms with Crippen LogP contribution in [0.2, 0.25) is 0 Å². The lowest BCUT2D eigenvalue weighted by atomic mass is 10.2. The van der Waals surface area contributed by atoms with Gasteiger partial charge in [-0.3, -0.25) is 0 Å². The average Bonchev–Trinajstić information content (AvgIpc) is 2.20. The molecule has 0 N–H and O–H groups in total. The first-order valence-electron chi connectivity index (χ1n) is 4.81. The van der Waals surface area contributed by atoms with E-state index in [-0.39, 0.29) is 18.9 Å². The first kappa shape index (κ1) is 10.6. The number of ether oxygens (including phenoxy) is 1. The predicted octanol–water partition coefficient (Wildman–Crippen LogP) is 1.02. The number of cyclic esters (lactones) is 2. The van der Waals surface area contributed by atoms with Crippen LogP contribution < -0.4 is 4.90 Å². The van der Waals surface area contributed by atoms with Gasteiger partial charge in [0.25, 0.3) is 0 Å². The summed E-state index contributed by atoms with van der Waals surface area (Å²) in [5, 5.41) is 0. The number of aryl methyl sites for hydroxylation is 1. The van der Waals surface area contributed by atoms with Gasteiger partial charge in [0.2, 0.25) is 0 Å². The van der Waals surface area contributed by atoms with E-state index in [1.165, 1.54) is 11.0 Å². The number of carbonyl (C=O) groups excluding carboxylic acids is 2. The SMILES string of the molecule is Cc1ccc(N2CC(=O)OC(=O)C2)cc1F. The molecule has 84 valence electrons. The van der Waals surface area contributed by atoms with Crippen LogP contribution >= 0.6 is 0 Å². The Labute approximate surface area is 91.6 Å². The molecule has 0 radical (unpaired) electrons. The second kappa shape index (κ2) is 3.92. The molecular formula is C11H10FNO3. The first-order valence-corrected chi connectivity index (χ1v) is 4.81. The van der Waals surface area contributed by atoms with Crippen LogP contribution in [0.25, 0.3) is 0 Å². The van der Waals surface area contributed by atoms with Gasteiger partial charge in [-0.05, 0) is 24.6 Å². The molecule has 1 aromatic carbocycles. The number of hydrogen-bond acceptors (Lipinski definition) is 4. The topological polar surface area (TPSA) is 46.6 Å². The van der Waals surface area contributed by atoms with Gasteiger partial charge in [0.1, 0.15) is 18.9 Å². The third-order valence-electron chi connectivity index (χ3n) is 2.39. The minimum absolute atomic E-state index is 0.0335. The zero-order chi connectivity index (χ0) is 11.7. The molecule has 1 aliphatic rings. The first-order chi connectivity index (χ1) is 7.56. The summed E-state index contributed by atoms with van der Waals surface area (Å²) < 4.78 is 17.7. The summed E-state index contributed by atoms with van der Waals surface area (Å²) >= 11 is 0. The molecule has 1 aromatic rings. The Morgan fingerprint density at radius 1 is 1.25 bits per heavy atom. The van der Waals surface area contributed by atoms with Gasteiger partial charge in [-0.2, -0.15) is 0 Å². The van der Waals surface area contributed by atoms with Gasteiger partial charge in [-0.15, -0.1) is 0 Å². The van der Waals surface area contributed by atoms with Gasteiger partial charge >= 0.3 is 11.9 Å². The molecule has 0 spiro atoms. The minimum atomic E-state index is -0.614. The molecule has 0 amide bonds. The molecule has 0 aliphatic carbocycles. The number of halogens is 1. The van der Waals surface area contributed by atoms with Crippen molar-refractivity contribution >= 4 is 17.6 Å². The van der Waals surface area contributed by atoms with E-state index in [2.05, 4.69) is 4.74 Å². The highest BCUT2D eigenvalue weighted by molar-refractivity contribution is 5.94. The molecule has 16 heavy (non-hydrogen) atoms. The standard InChI is InChI=1S/C11H10FNO3/c1-7-2-3-8(4-9(7)12)13-5-10(14)16-11(15)6-13/h2-4H,5-6H2,1H3. The summed E-state index contributed by atoms with van der Waals surface area (Å²) in [6, 6.07) is 4.58. The largest absolute Gasteiger partial charge is 0.390 e. The van der Waals surface area contributed by atoms with Crippen LogP contribution in [0.4, 0.5) is 10.1 Å². The fourth-order valence-corrected chi connectivity index (χ4v) is 1.52. The molecule has 4 nitrogen and oxygen atoms in total. The van der Waals surface area contributed by atoms with E-state index in [0.717, 1.165) is 0 Å². The van der Waals surface area contributed by atoms with E-state index in [4.69, 9.17) is 0 Å². The number of rotatable bonds is 1. The third kappa shape index (κ3) is 2.03. The predicted molar refractivity (Wildman–Crippen MR) is 54.4 cm³/mol. The molecule has 0 aromatic heterocycles. The van der Waals surface area contributed by atoms with Crippen molar-refractivity contribution in [2.75, 3.05) is 18.0 Å². The fraction of sp³-hybridized carbons (Fsp3) is 0.273. The van der Waals surface area contributed by atoms with Crippen LogP contribution in [-0.4, -0.2) is 25.0 Å². The zero-order valence-electron chi connectivity index (χ0n) is 8.70. The molecule has 0 saturated carbocycles. The third-order valence-corrected chi connectivity index (χ3v) is 2.39. The molecule has 1 saturated heterocycles. The Morgan fingerprint density at radius 2 is 1.88 bits per heavy atom. The van der Waals surface area contributed by atoms with E-state index in [0.29, 0.717) is 11.3 Å². The fourth-order valence-electron chi connectivity index (χ4n) is 1.52. The maximum absolute atomic E-state index is 13.3. The highest BCUT2D eigenvalue weighted by Gasteiger charge is 2.25. The van der Waals surface area contributed by atoms with Gasteiger partial charge in [-0.25, -0.2) is 14.0 Å². The smallest absolute Gasteiger partial charge is 0.333 e. The number of anilines is 1. The van der Waals surface area contributed by atoms with E-state index in [1.54, 1.807) is 19.1 Å². The summed E-state index contributed by atoms with van der Waals surface area (Å²) in [7, 11) is 0. The van der Waals surface area contributed by atoms with E-state index in [1.807, 2.05) is 0 Å². The lowest BCUT2D eigenvalue weighted by Crippen LogP contribution is -2.43. The van der Waals surface area contributed by atoms with Crippen molar-refractivity contribution in [1.29, 1.82) is 0 Å². The van der Waals surface area contributed by atoms with Crippen LogP contribution in [0.15, 0.2) is 18.2 Å². The number of esters is 2. The normalized spacial score (nSPS) is 16.2. The van der Waals surface area contributed by atoms with Crippen LogP contribution in [0.3, 0.4) is 0 Å². The van der Waals surface area contributed by atoms with Crippen LogP contribution in [0, 0.1) is 12.7 Å². The Morgan fingerprint density at radius 3 is 2.44 bits per heavy atom. The summed E-state index contributed by atoms with van der Waals surface area (Å²) in [6.07, 6.45) is 0. The van der Waals surface area contributed by atoms with Gasteiger partial charge in [-0.1, -0.05) is 6.07 Å². The van der Waals surface area contributed by atoms with Crippen molar-refractivity contribution in [3.8, 4) is 0 Å². The van der Waals surface area contributed by atoms with Crippen molar-refractivity contribution in [2.24, 2.45) is 0 Å². The van der Waals surface area contributed by atoms with Crippen LogP contribution in [-0.2, 0) is 14.3 Å². The monoisotopic (exact) mass is 223 g/mol. The zero-order valence-corrected chi connectivity index (χ0v) is 8.70. The lowest BCUT2D eigenvalue weighted by Gasteiger charge is -2.26. The molecule has 0 bridgehead atoms. The number of benzene rings is 1. The number of hydrogen-bond donors (Lipinski definition) is 0. The summed E-state index contributed by atoms with van der Waals surface area (Å²) in [5.74, 6) is -1.58. The van der Waals surface area contributed by atoms with E-state index < -0.39 is 11.9 Å². The summed E-state index contributed by atoms with van der Waals surface area (Å²) in [4.78, 5) is 23.5. The summed E-state index contributed by atoms with van der Waals surface area (Å²) in [6.45, 7) is 1.58. The highest BCUT2D eigenvalue weighted by Crippen LogP contribution is 2.19. The molecular weight excluding hydrogens is 213 g/mol. The van der Waals surface area contributed by atoms with Crippen molar-refractivity contribution in [2.45, 2.75) is 6.92 Å². The van der Waals surface area contributed by atoms with Gasteiger partial charge in [0.05, 0.1) is 0 Å². The van der Waals surface area contributed by atoms with Gasteiger partial charge in [0.15, 0.2) is 0 Å². The van der Waals surface area contributed by atoms with Crippen LogP contribution in [0.1, 0.15) is 5.56 Å². The average molecular weight is 223 g/mol. The molecule has 2 rings (SSSR count). The van der Waals surface area contributed by atoms with Crippen molar-refractivity contribution in [3.05, 3.63) is 29.6 Å². The second-order valence-corrected chi connectivity index (χ2v) is 3.64. The Hall–Kier alpha value is -1.91. The maximum Gasteiger partial charge on any atom is 0.333 e. The number of morpholine rings is 1.